The maximum atomic E-state index is 5.88. The molecule has 3 rings (SSSR count). The summed E-state index contributed by atoms with van der Waals surface area (Å²) in [7, 11) is 2.07. The first-order chi connectivity index (χ1) is 9.72. The number of nitrogens with one attached hydrogen (secondary N) is 1. The molecule has 0 unspecified atom stereocenters. The molecule has 0 bridgehead atoms. The number of hydrogen-bond donors (Lipinski definition) is 1. The van der Waals surface area contributed by atoms with Gasteiger partial charge in [-0.1, -0.05) is 23.7 Å². The lowest BCUT2D eigenvalue weighted by Crippen LogP contribution is -2.04. The molecular formula is C17H17ClN2. The maximum Gasteiger partial charge on any atom is 0.0479 e. The average Bonchev–Trinajstić information content (AvgIpc) is 2.82. The molecule has 0 fully saturated rings. The van der Waals surface area contributed by atoms with E-state index in [-0.39, 0.29) is 0 Å². The summed E-state index contributed by atoms with van der Waals surface area (Å²) < 4.78 is 2.13. The molecule has 102 valence electrons. The van der Waals surface area contributed by atoms with E-state index in [0.717, 1.165) is 23.7 Å². The SMILES string of the molecule is Cn1ccc2cc(NCCc3ccc(Cl)cc3)ccc21. The van der Waals surface area contributed by atoms with Crippen LogP contribution in [0.25, 0.3) is 10.9 Å². The van der Waals surface area contributed by atoms with Crippen molar-refractivity contribution in [3.05, 3.63) is 65.3 Å². The molecule has 0 saturated heterocycles. The van der Waals surface area contributed by atoms with Crippen LogP contribution in [0.5, 0.6) is 0 Å². The Kier molecular flexibility index (Phi) is 3.66. The van der Waals surface area contributed by atoms with Gasteiger partial charge >= 0.3 is 0 Å². The molecule has 0 saturated carbocycles. The Morgan fingerprint density at radius 1 is 1.05 bits per heavy atom. The Balaban J connectivity index is 1.63. The van der Waals surface area contributed by atoms with Gasteiger partial charge in [0.1, 0.15) is 0 Å². The third-order valence-corrected chi connectivity index (χ3v) is 3.79. The molecule has 0 amide bonds. The van der Waals surface area contributed by atoms with Crippen molar-refractivity contribution in [2.24, 2.45) is 7.05 Å². The molecule has 1 N–H and O–H groups in total. The number of nitrogens with zero attached hydrogens (tertiary/aromatic N) is 1. The number of rotatable bonds is 4. The first-order valence-corrected chi connectivity index (χ1v) is 7.13. The maximum absolute atomic E-state index is 5.88. The molecule has 2 aromatic carbocycles. The topological polar surface area (TPSA) is 17.0 Å². The minimum Gasteiger partial charge on any atom is -0.385 e. The molecule has 20 heavy (non-hydrogen) atoms. The number of fused-ring (bicyclic) bond motifs is 1. The number of benzene rings is 2. The molecule has 3 heteroatoms. The fraction of sp³-hybridized carbons (Fsp3) is 0.176. The summed E-state index contributed by atoms with van der Waals surface area (Å²) in [6.45, 7) is 0.917. The van der Waals surface area contributed by atoms with E-state index in [4.69, 9.17) is 11.6 Å². The number of halogens is 1. The van der Waals surface area contributed by atoms with E-state index in [2.05, 4.69) is 59.5 Å². The van der Waals surface area contributed by atoms with Crippen molar-refractivity contribution in [1.82, 2.24) is 4.57 Å². The third kappa shape index (κ3) is 2.81. The second-order valence-electron chi connectivity index (χ2n) is 5.00. The second-order valence-corrected chi connectivity index (χ2v) is 5.44. The van der Waals surface area contributed by atoms with Gasteiger partial charge in [0.2, 0.25) is 0 Å². The quantitative estimate of drug-likeness (QED) is 0.747. The van der Waals surface area contributed by atoms with Gasteiger partial charge in [0.05, 0.1) is 0 Å². The first-order valence-electron chi connectivity index (χ1n) is 6.76. The zero-order valence-electron chi connectivity index (χ0n) is 11.4. The lowest BCUT2D eigenvalue weighted by atomic mass is 10.1. The van der Waals surface area contributed by atoms with Crippen molar-refractivity contribution in [2.75, 3.05) is 11.9 Å². The summed E-state index contributed by atoms with van der Waals surface area (Å²) in [5, 5.41) is 5.52. The van der Waals surface area contributed by atoms with Crippen LogP contribution in [0.1, 0.15) is 5.56 Å². The smallest absolute Gasteiger partial charge is 0.0479 e. The Labute approximate surface area is 124 Å². The predicted molar refractivity (Wildman–Crippen MR) is 86.6 cm³/mol. The van der Waals surface area contributed by atoms with E-state index in [1.807, 2.05) is 12.1 Å². The Morgan fingerprint density at radius 2 is 1.85 bits per heavy atom. The number of aryl methyl sites for hydroxylation is 1. The van der Waals surface area contributed by atoms with Crippen molar-refractivity contribution in [3.8, 4) is 0 Å². The predicted octanol–water partition coefficient (Wildman–Crippen LogP) is 4.49. The molecule has 0 radical (unpaired) electrons. The number of aromatic nitrogens is 1. The highest BCUT2D eigenvalue weighted by molar-refractivity contribution is 6.30. The van der Waals surface area contributed by atoms with E-state index >= 15 is 0 Å². The van der Waals surface area contributed by atoms with Crippen LogP contribution >= 0.6 is 11.6 Å². The van der Waals surface area contributed by atoms with E-state index in [1.165, 1.54) is 16.5 Å². The van der Waals surface area contributed by atoms with Crippen LogP contribution < -0.4 is 5.32 Å². The second kappa shape index (κ2) is 5.59. The largest absolute Gasteiger partial charge is 0.385 e. The third-order valence-electron chi connectivity index (χ3n) is 3.54. The Morgan fingerprint density at radius 3 is 2.65 bits per heavy atom. The van der Waals surface area contributed by atoms with Crippen molar-refractivity contribution in [2.45, 2.75) is 6.42 Å². The molecule has 0 aliphatic heterocycles. The van der Waals surface area contributed by atoms with Gasteiger partial charge in [-0.15, -0.1) is 0 Å². The van der Waals surface area contributed by atoms with Gasteiger partial charge in [-0.05, 0) is 48.4 Å². The molecule has 1 heterocycles. The molecule has 0 atom stereocenters. The van der Waals surface area contributed by atoms with Crippen molar-refractivity contribution < 1.29 is 0 Å². The normalized spacial score (nSPS) is 10.9. The van der Waals surface area contributed by atoms with Gasteiger partial charge in [-0.25, -0.2) is 0 Å². The minimum atomic E-state index is 0.788. The molecular weight excluding hydrogens is 268 g/mol. The fourth-order valence-corrected chi connectivity index (χ4v) is 2.52. The summed E-state index contributed by atoms with van der Waals surface area (Å²) in [5.74, 6) is 0. The van der Waals surface area contributed by atoms with Crippen LogP contribution in [0.2, 0.25) is 5.02 Å². The lowest BCUT2D eigenvalue weighted by molar-refractivity contribution is 0.969. The number of hydrogen-bond acceptors (Lipinski definition) is 1. The standard InChI is InChI=1S/C17H17ClN2/c1-20-11-9-14-12-16(6-7-17(14)20)19-10-8-13-2-4-15(18)5-3-13/h2-7,9,11-12,19H,8,10H2,1H3. The monoisotopic (exact) mass is 284 g/mol. The molecule has 0 aliphatic rings. The van der Waals surface area contributed by atoms with Gasteiger partial charge in [-0.3, -0.25) is 0 Å². The highest BCUT2D eigenvalue weighted by Gasteiger charge is 1.99. The summed E-state index contributed by atoms with van der Waals surface area (Å²) >= 11 is 5.88. The minimum absolute atomic E-state index is 0.788. The molecule has 3 aromatic rings. The molecule has 0 spiro atoms. The number of anilines is 1. The van der Waals surface area contributed by atoms with Crippen molar-refractivity contribution >= 4 is 28.2 Å². The summed E-state index contributed by atoms with van der Waals surface area (Å²) in [5.41, 5.74) is 3.72. The summed E-state index contributed by atoms with van der Waals surface area (Å²) in [4.78, 5) is 0. The van der Waals surface area contributed by atoms with E-state index in [0.29, 0.717) is 0 Å². The Hall–Kier alpha value is -1.93. The summed E-state index contributed by atoms with van der Waals surface area (Å²) in [6.07, 6.45) is 3.08. The highest BCUT2D eigenvalue weighted by atomic mass is 35.5. The van der Waals surface area contributed by atoms with Crippen molar-refractivity contribution in [1.29, 1.82) is 0 Å². The molecule has 0 aliphatic carbocycles. The van der Waals surface area contributed by atoms with E-state index in [1.54, 1.807) is 0 Å². The highest BCUT2D eigenvalue weighted by Crippen LogP contribution is 2.19. The van der Waals surface area contributed by atoms with Gasteiger partial charge in [0.15, 0.2) is 0 Å². The lowest BCUT2D eigenvalue weighted by Gasteiger charge is -2.07. The summed E-state index contributed by atoms with van der Waals surface area (Å²) in [6, 6.07) is 16.6. The van der Waals surface area contributed by atoms with Gasteiger partial charge < -0.3 is 9.88 Å². The Bertz CT molecular complexity index is 713. The van der Waals surface area contributed by atoms with E-state index in [9.17, 15) is 0 Å². The van der Waals surface area contributed by atoms with E-state index < -0.39 is 0 Å². The fourth-order valence-electron chi connectivity index (χ4n) is 2.39. The van der Waals surface area contributed by atoms with Crippen LogP contribution in [0.15, 0.2) is 54.7 Å². The van der Waals surface area contributed by atoms with Crippen molar-refractivity contribution in [3.63, 3.8) is 0 Å². The van der Waals surface area contributed by atoms with Crippen LogP contribution in [-0.2, 0) is 13.5 Å². The first kappa shape index (κ1) is 13.1. The van der Waals surface area contributed by atoms with Crippen LogP contribution in [0, 0.1) is 0 Å². The van der Waals surface area contributed by atoms with Gasteiger partial charge in [0.25, 0.3) is 0 Å². The molecule has 1 aromatic heterocycles. The van der Waals surface area contributed by atoms with Gasteiger partial charge in [-0.2, -0.15) is 0 Å². The zero-order valence-corrected chi connectivity index (χ0v) is 12.2. The van der Waals surface area contributed by atoms with Crippen LogP contribution in [0.3, 0.4) is 0 Å². The molecule has 2 nitrogen and oxygen atoms in total. The van der Waals surface area contributed by atoms with Crippen LogP contribution in [0.4, 0.5) is 5.69 Å². The van der Waals surface area contributed by atoms with Crippen LogP contribution in [-0.4, -0.2) is 11.1 Å². The van der Waals surface area contributed by atoms with Gasteiger partial charge in [0, 0.05) is 41.4 Å². The zero-order chi connectivity index (χ0) is 13.9. The average molecular weight is 285 g/mol.